The molecule has 0 radical (unpaired) electrons. The van der Waals surface area contributed by atoms with Gasteiger partial charge in [-0.05, 0) is 48.4 Å². The highest BCUT2D eigenvalue weighted by molar-refractivity contribution is 5.91. The summed E-state index contributed by atoms with van der Waals surface area (Å²) in [5.41, 5.74) is 1.73. The van der Waals surface area contributed by atoms with Gasteiger partial charge in [-0.2, -0.15) is 0 Å². The van der Waals surface area contributed by atoms with Crippen molar-refractivity contribution in [2.45, 2.75) is 26.3 Å². The second-order valence-corrected chi connectivity index (χ2v) is 7.47. The van der Waals surface area contributed by atoms with Gasteiger partial charge in [-0.15, -0.1) is 0 Å². The SMILES string of the molecule is CCN1Cc2c(Oc3ccc(CC(=O)Cc4cccc(F)c4)cc3F)ccnc2NC1=O. The number of nitrogens with zero attached hydrogens (tertiary/aromatic N) is 2. The predicted molar refractivity (Wildman–Crippen MR) is 115 cm³/mol. The number of fused-ring (bicyclic) bond motifs is 1. The molecule has 2 amide bonds. The summed E-state index contributed by atoms with van der Waals surface area (Å²) in [6.07, 6.45) is 1.57. The van der Waals surface area contributed by atoms with Crippen molar-refractivity contribution in [2.24, 2.45) is 0 Å². The number of amides is 2. The summed E-state index contributed by atoms with van der Waals surface area (Å²) in [6.45, 7) is 2.66. The van der Waals surface area contributed by atoms with Crippen molar-refractivity contribution in [2.75, 3.05) is 11.9 Å². The van der Waals surface area contributed by atoms with Crippen LogP contribution in [-0.2, 0) is 24.2 Å². The van der Waals surface area contributed by atoms with E-state index in [4.69, 9.17) is 4.74 Å². The fourth-order valence-corrected chi connectivity index (χ4v) is 3.55. The molecule has 0 spiro atoms. The molecule has 0 saturated heterocycles. The molecule has 0 aliphatic carbocycles. The first-order chi connectivity index (χ1) is 15.4. The Hall–Kier alpha value is -3.81. The number of benzene rings is 2. The molecule has 2 heterocycles. The number of anilines is 1. The number of aromatic nitrogens is 1. The lowest BCUT2D eigenvalue weighted by Crippen LogP contribution is -2.38. The van der Waals surface area contributed by atoms with Crippen LogP contribution in [0.2, 0.25) is 0 Å². The fourth-order valence-electron chi connectivity index (χ4n) is 3.55. The van der Waals surface area contributed by atoms with Gasteiger partial charge in [0.15, 0.2) is 11.6 Å². The van der Waals surface area contributed by atoms with E-state index in [1.54, 1.807) is 29.2 Å². The van der Waals surface area contributed by atoms with E-state index in [-0.39, 0.29) is 30.4 Å². The van der Waals surface area contributed by atoms with Gasteiger partial charge in [0.05, 0.1) is 12.1 Å². The number of carbonyl (C=O) groups excluding carboxylic acids is 2. The number of hydrogen-bond donors (Lipinski definition) is 1. The molecule has 1 N–H and O–H groups in total. The maximum Gasteiger partial charge on any atom is 0.323 e. The maximum absolute atomic E-state index is 14.7. The highest BCUT2D eigenvalue weighted by atomic mass is 19.1. The molecule has 0 bridgehead atoms. The minimum Gasteiger partial charge on any atom is -0.454 e. The van der Waals surface area contributed by atoms with Gasteiger partial charge in [0.2, 0.25) is 0 Å². The summed E-state index contributed by atoms with van der Waals surface area (Å²) < 4.78 is 33.8. The second-order valence-electron chi connectivity index (χ2n) is 7.47. The van der Waals surface area contributed by atoms with Crippen LogP contribution in [0, 0.1) is 11.6 Å². The van der Waals surface area contributed by atoms with Crippen LogP contribution in [0.15, 0.2) is 54.7 Å². The molecule has 1 aliphatic rings. The largest absolute Gasteiger partial charge is 0.454 e. The number of ether oxygens (including phenoxy) is 1. The van der Waals surface area contributed by atoms with Gasteiger partial charge in [0.1, 0.15) is 23.2 Å². The molecule has 0 unspecified atom stereocenters. The van der Waals surface area contributed by atoms with Crippen LogP contribution in [0.5, 0.6) is 11.5 Å². The Bertz CT molecular complexity index is 1180. The third-order valence-electron chi connectivity index (χ3n) is 5.16. The Morgan fingerprint density at radius 3 is 2.59 bits per heavy atom. The number of Topliss-reactive ketones (excluding diaryl/α,β-unsaturated/α-hetero) is 1. The molecule has 32 heavy (non-hydrogen) atoms. The third-order valence-corrected chi connectivity index (χ3v) is 5.16. The van der Waals surface area contributed by atoms with E-state index < -0.39 is 11.6 Å². The number of rotatable bonds is 7. The Labute approximate surface area is 183 Å². The number of nitrogens with one attached hydrogen (secondary N) is 1. The highest BCUT2D eigenvalue weighted by Gasteiger charge is 2.25. The monoisotopic (exact) mass is 437 g/mol. The first kappa shape index (κ1) is 21.4. The van der Waals surface area contributed by atoms with Gasteiger partial charge in [-0.25, -0.2) is 18.6 Å². The average Bonchev–Trinajstić information content (AvgIpc) is 2.75. The van der Waals surface area contributed by atoms with E-state index in [1.165, 1.54) is 30.5 Å². The molecule has 4 rings (SSSR count). The lowest BCUT2D eigenvalue weighted by atomic mass is 10.0. The molecule has 0 saturated carbocycles. The van der Waals surface area contributed by atoms with Crippen molar-refractivity contribution >= 4 is 17.6 Å². The normalized spacial score (nSPS) is 12.8. The van der Waals surface area contributed by atoms with Gasteiger partial charge in [0, 0.05) is 25.6 Å². The number of ketones is 1. The number of pyridine rings is 1. The van der Waals surface area contributed by atoms with Crippen LogP contribution in [-0.4, -0.2) is 28.2 Å². The lowest BCUT2D eigenvalue weighted by molar-refractivity contribution is -0.117. The van der Waals surface area contributed by atoms with Crippen molar-refractivity contribution in [1.29, 1.82) is 0 Å². The van der Waals surface area contributed by atoms with Crippen molar-refractivity contribution in [3.05, 3.63) is 83.1 Å². The van der Waals surface area contributed by atoms with Crippen LogP contribution < -0.4 is 10.1 Å². The zero-order valence-corrected chi connectivity index (χ0v) is 17.4. The van der Waals surface area contributed by atoms with Crippen molar-refractivity contribution in [3.63, 3.8) is 0 Å². The average molecular weight is 437 g/mol. The van der Waals surface area contributed by atoms with Gasteiger partial charge < -0.3 is 9.64 Å². The molecule has 6 nitrogen and oxygen atoms in total. The topological polar surface area (TPSA) is 71.5 Å². The number of halogens is 2. The third kappa shape index (κ3) is 4.74. The number of carbonyl (C=O) groups is 2. The summed E-state index contributed by atoms with van der Waals surface area (Å²) in [5.74, 6) is -0.386. The van der Waals surface area contributed by atoms with E-state index in [2.05, 4.69) is 10.3 Å². The molecular formula is C24H21F2N3O3. The maximum atomic E-state index is 14.7. The molecule has 3 aromatic rings. The summed E-state index contributed by atoms with van der Waals surface area (Å²) >= 11 is 0. The number of urea groups is 1. The van der Waals surface area contributed by atoms with Crippen molar-refractivity contribution in [3.8, 4) is 11.5 Å². The highest BCUT2D eigenvalue weighted by Crippen LogP contribution is 2.34. The quantitative estimate of drug-likeness (QED) is 0.572. The summed E-state index contributed by atoms with van der Waals surface area (Å²) in [6, 6.07) is 11.6. The summed E-state index contributed by atoms with van der Waals surface area (Å²) in [5, 5.41) is 2.70. The Balaban J connectivity index is 1.47. The first-order valence-corrected chi connectivity index (χ1v) is 10.2. The Kier molecular flexibility index (Phi) is 6.11. The Morgan fingerprint density at radius 2 is 1.88 bits per heavy atom. The molecular weight excluding hydrogens is 416 g/mol. The van der Waals surface area contributed by atoms with Crippen LogP contribution in [0.1, 0.15) is 23.6 Å². The smallest absolute Gasteiger partial charge is 0.323 e. The van der Waals surface area contributed by atoms with Crippen LogP contribution >= 0.6 is 0 Å². The minimum atomic E-state index is -0.612. The standard InChI is InChI=1S/C24H21F2N3O3/c1-2-29-14-19-21(8-9-27-23(19)28-24(29)31)32-22-7-6-16(13-20(22)26)12-18(30)11-15-4-3-5-17(25)10-15/h3-10,13H,2,11-12,14H2,1H3,(H,27,28,31). The van der Waals surface area contributed by atoms with Gasteiger partial charge in [-0.3, -0.25) is 10.1 Å². The van der Waals surface area contributed by atoms with Crippen LogP contribution in [0.4, 0.5) is 19.4 Å². The molecule has 1 aromatic heterocycles. The lowest BCUT2D eigenvalue weighted by Gasteiger charge is -2.28. The molecule has 164 valence electrons. The zero-order chi connectivity index (χ0) is 22.7. The van der Waals surface area contributed by atoms with E-state index in [9.17, 15) is 18.4 Å². The predicted octanol–water partition coefficient (Wildman–Crippen LogP) is 4.87. The van der Waals surface area contributed by atoms with E-state index >= 15 is 0 Å². The summed E-state index contributed by atoms with van der Waals surface area (Å²) in [4.78, 5) is 30.0. The van der Waals surface area contributed by atoms with Gasteiger partial charge in [-0.1, -0.05) is 18.2 Å². The molecule has 0 atom stereocenters. The van der Waals surface area contributed by atoms with Crippen LogP contribution in [0.3, 0.4) is 0 Å². The minimum absolute atomic E-state index is 0.000298. The van der Waals surface area contributed by atoms with E-state index in [0.717, 1.165) is 0 Å². The fraction of sp³-hybridized carbons (Fsp3) is 0.208. The Morgan fingerprint density at radius 1 is 1.09 bits per heavy atom. The van der Waals surface area contributed by atoms with E-state index in [1.807, 2.05) is 6.92 Å². The molecule has 2 aromatic carbocycles. The second kappa shape index (κ2) is 9.13. The summed E-state index contributed by atoms with van der Waals surface area (Å²) in [7, 11) is 0. The van der Waals surface area contributed by atoms with Gasteiger partial charge >= 0.3 is 6.03 Å². The van der Waals surface area contributed by atoms with Crippen LogP contribution in [0.25, 0.3) is 0 Å². The molecule has 8 heteroatoms. The molecule has 0 fully saturated rings. The van der Waals surface area contributed by atoms with Crippen molar-refractivity contribution < 1.29 is 23.1 Å². The van der Waals surface area contributed by atoms with E-state index in [0.29, 0.717) is 41.3 Å². The zero-order valence-electron chi connectivity index (χ0n) is 17.4. The van der Waals surface area contributed by atoms with Gasteiger partial charge in [0.25, 0.3) is 0 Å². The molecule has 1 aliphatic heterocycles. The van der Waals surface area contributed by atoms with Crippen molar-refractivity contribution in [1.82, 2.24) is 9.88 Å². The first-order valence-electron chi connectivity index (χ1n) is 10.2. The number of hydrogen-bond acceptors (Lipinski definition) is 4.